The van der Waals surface area contributed by atoms with Crippen LogP contribution in [0.1, 0.15) is 32.6 Å². The van der Waals surface area contributed by atoms with Gasteiger partial charge in [-0.25, -0.2) is 0 Å². The summed E-state index contributed by atoms with van der Waals surface area (Å²) in [5, 5.41) is 4.67. The van der Waals surface area contributed by atoms with E-state index < -0.39 is 11.9 Å². The summed E-state index contributed by atoms with van der Waals surface area (Å²) in [4.78, 5) is 39.8. The molecule has 0 radical (unpaired) electrons. The number of methoxy groups -OCH3 is 1. The molecular formula is C24H24N2O5. The van der Waals surface area contributed by atoms with Gasteiger partial charge in [-0.15, -0.1) is 0 Å². The second-order valence-corrected chi connectivity index (χ2v) is 8.36. The number of nitrogens with zero attached hydrogens (tertiary/aromatic N) is 1. The monoisotopic (exact) mass is 420 g/mol. The van der Waals surface area contributed by atoms with Crippen molar-refractivity contribution in [2.45, 2.75) is 38.6 Å². The molecule has 2 aromatic carbocycles. The molecule has 3 amide bonds. The third-order valence-electron chi connectivity index (χ3n) is 6.60. The van der Waals surface area contributed by atoms with Crippen LogP contribution in [-0.2, 0) is 14.4 Å². The number of ether oxygens (including phenoxy) is 1. The number of amides is 3. The first-order valence-electron chi connectivity index (χ1n) is 10.7. The fourth-order valence-electron chi connectivity index (χ4n) is 4.94. The van der Waals surface area contributed by atoms with Gasteiger partial charge in [-0.3, -0.25) is 19.3 Å². The number of fused-ring (bicyclic) bond motifs is 4. The van der Waals surface area contributed by atoms with Gasteiger partial charge in [-0.05, 0) is 31.9 Å². The molecule has 1 aliphatic heterocycles. The van der Waals surface area contributed by atoms with E-state index in [0.717, 1.165) is 46.9 Å². The number of furan rings is 1. The average molecular weight is 420 g/mol. The molecule has 7 heteroatoms. The van der Waals surface area contributed by atoms with Crippen molar-refractivity contribution in [2.24, 2.45) is 11.8 Å². The van der Waals surface area contributed by atoms with Crippen LogP contribution in [0.2, 0.25) is 0 Å². The highest BCUT2D eigenvalue weighted by molar-refractivity contribution is 6.11. The second kappa shape index (κ2) is 7.41. The molecule has 7 nitrogen and oxygen atoms in total. The molecule has 3 atom stereocenters. The van der Waals surface area contributed by atoms with Crippen LogP contribution >= 0.6 is 0 Å². The lowest BCUT2D eigenvalue weighted by molar-refractivity contribution is -0.146. The fraction of sp³-hybridized carbons (Fsp3) is 0.375. The van der Waals surface area contributed by atoms with Gasteiger partial charge in [0.15, 0.2) is 0 Å². The van der Waals surface area contributed by atoms with Crippen LogP contribution in [0, 0.1) is 11.8 Å². The number of anilines is 1. The quantitative estimate of drug-likeness (QED) is 0.642. The van der Waals surface area contributed by atoms with Gasteiger partial charge in [-0.1, -0.05) is 31.0 Å². The summed E-state index contributed by atoms with van der Waals surface area (Å²) in [6.45, 7) is 1.59. The van der Waals surface area contributed by atoms with Gasteiger partial charge in [-0.2, -0.15) is 0 Å². The summed E-state index contributed by atoms with van der Waals surface area (Å²) in [5.41, 5.74) is 1.79. The van der Waals surface area contributed by atoms with Gasteiger partial charge in [0.1, 0.15) is 23.0 Å². The molecule has 1 aromatic heterocycles. The van der Waals surface area contributed by atoms with Crippen molar-refractivity contribution < 1.29 is 23.5 Å². The lowest BCUT2D eigenvalue weighted by Crippen LogP contribution is -2.46. The van der Waals surface area contributed by atoms with Gasteiger partial charge >= 0.3 is 0 Å². The first-order chi connectivity index (χ1) is 15.0. The minimum Gasteiger partial charge on any atom is -0.495 e. The highest BCUT2D eigenvalue weighted by atomic mass is 16.5. The Morgan fingerprint density at radius 3 is 2.42 bits per heavy atom. The van der Waals surface area contributed by atoms with E-state index in [1.165, 1.54) is 7.11 Å². The first kappa shape index (κ1) is 19.6. The largest absolute Gasteiger partial charge is 0.495 e. The minimum absolute atomic E-state index is 0.225. The Labute approximate surface area is 179 Å². The molecule has 160 valence electrons. The van der Waals surface area contributed by atoms with Gasteiger partial charge in [0.25, 0.3) is 0 Å². The van der Waals surface area contributed by atoms with E-state index in [2.05, 4.69) is 5.32 Å². The minimum atomic E-state index is -0.901. The molecule has 1 saturated heterocycles. The van der Waals surface area contributed by atoms with Crippen molar-refractivity contribution in [1.82, 2.24) is 4.90 Å². The van der Waals surface area contributed by atoms with Crippen LogP contribution in [0.25, 0.3) is 21.9 Å². The van der Waals surface area contributed by atoms with E-state index in [9.17, 15) is 14.4 Å². The first-order valence-corrected chi connectivity index (χ1v) is 10.7. The maximum atomic E-state index is 13.0. The normalized spacial score (nSPS) is 22.1. The third-order valence-corrected chi connectivity index (χ3v) is 6.60. The molecule has 2 aliphatic rings. The number of para-hydroxylation sites is 1. The maximum Gasteiger partial charge on any atom is 0.247 e. The molecule has 1 N–H and O–H groups in total. The Bertz CT molecular complexity index is 1190. The number of carbonyl (C=O) groups excluding carboxylic acids is 3. The molecule has 5 rings (SSSR count). The summed E-state index contributed by atoms with van der Waals surface area (Å²) in [6, 6.07) is 10.3. The summed E-state index contributed by atoms with van der Waals surface area (Å²) >= 11 is 0. The molecule has 1 saturated carbocycles. The Kier molecular flexibility index (Phi) is 4.68. The summed E-state index contributed by atoms with van der Waals surface area (Å²) in [7, 11) is 1.53. The number of rotatable bonds is 4. The van der Waals surface area contributed by atoms with Crippen molar-refractivity contribution >= 4 is 45.3 Å². The van der Waals surface area contributed by atoms with Gasteiger partial charge in [0, 0.05) is 16.8 Å². The zero-order valence-corrected chi connectivity index (χ0v) is 17.5. The third kappa shape index (κ3) is 3.07. The second-order valence-electron chi connectivity index (χ2n) is 8.36. The van der Waals surface area contributed by atoms with Crippen molar-refractivity contribution in [3.63, 3.8) is 0 Å². The van der Waals surface area contributed by atoms with Crippen LogP contribution in [-0.4, -0.2) is 35.8 Å². The van der Waals surface area contributed by atoms with E-state index in [-0.39, 0.29) is 23.7 Å². The van der Waals surface area contributed by atoms with E-state index in [0.29, 0.717) is 17.0 Å². The van der Waals surface area contributed by atoms with Crippen LogP contribution in [0.3, 0.4) is 0 Å². The zero-order chi connectivity index (χ0) is 21.7. The molecule has 0 bridgehead atoms. The molecule has 1 aliphatic carbocycles. The predicted octanol–water partition coefficient (Wildman–Crippen LogP) is 4.10. The number of hydrogen-bond acceptors (Lipinski definition) is 5. The summed E-state index contributed by atoms with van der Waals surface area (Å²) < 4.78 is 11.4. The van der Waals surface area contributed by atoms with Crippen LogP contribution in [0.15, 0.2) is 40.8 Å². The Morgan fingerprint density at radius 1 is 1.06 bits per heavy atom. The van der Waals surface area contributed by atoms with Crippen molar-refractivity contribution in [3.8, 4) is 5.75 Å². The van der Waals surface area contributed by atoms with Crippen LogP contribution in [0.5, 0.6) is 5.75 Å². The SMILES string of the molecule is COc1cc2c(cc1NC(=O)[C@@H](C)N1C(=O)[C@H]3CCCC[C@H]3C1=O)oc1ccccc12. The predicted molar refractivity (Wildman–Crippen MR) is 116 cm³/mol. The van der Waals surface area contributed by atoms with Crippen molar-refractivity contribution in [1.29, 1.82) is 0 Å². The highest BCUT2D eigenvalue weighted by Crippen LogP contribution is 2.40. The number of benzene rings is 2. The van der Waals surface area contributed by atoms with Gasteiger partial charge < -0.3 is 14.5 Å². The topological polar surface area (TPSA) is 88.9 Å². The highest BCUT2D eigenvalue weighted by Gasteiger charge is 2.50. The Morgan fingerprint density at radius 2 is 1.74 bits per heavy atom. The van der Waals surface area contributed by atoms with Crippen molar-refractivity contribution in [2.75, 3.05) is 12.4 Å². The number of imide groups is 1. The Balaban J connectivity index is 1.43. The smallest absolute Gasteiger partial charge is 0.247 e. The standard InChI is InChI=1S/C24H24N2O5/c1-13(26-23(28)15-8-3-4-9-16(15)24(26)29)22(27)25-18-12-20-17(11-21(18)30-2)14-7-5-6-10-19(14)31-20/h5-7,10-13,15-16H,3-4,8-9H2,1-2H3,(H,25,27)/t13-,15-,16+/m1/s1. The lowest BCUT2D eigenvalue weighted by atomic mass is 9.81. The van der Waals surface area contributed by atoms with E-state index in [4.69, 9.17) is 9.15 Å². The summed E-state index contributed by atoms with van der Waals surface area (Å²) in [5.74, 6) is -0.966. The van der Waals surface area contributed by atoms with E-state index in [1.807, 2.05) is 30.3 Å². The van der Waals surface area contributed by atoms with E-state index >= 15 is 0 Å². The average Bonchev–Trinajstić information content (AvgIpc) is 3.27. The van der Waals surface area contributed by atoms with Gasteiger partial charge in [0.2, 0.25) is 17.7 Å². The van der Waals surface area contributed by atoms with Gasteiger partial charge in [0.05, 0.1) is 24.6 Å². The maximum absolute atomic E-state index is 13.0. The van der Waals surface area contributed by atoms with E-state index in [1.54, 1.807) is 13.0 Å². The molecule has 3 aromatic rings. The van der Waals surface area contributed by atoms with Crippen LogP contribution in [0.4, 0.5) is 5.69 Å². The van der Waals surface area contributed by atoms with Crippen molar-refractivity contribution in [3.05, 3.63) is 36.4 Å². The van der Waals surface area contributed by atoms with Crippen LogP contribution < -0.4 is 10.1 Å². The number of hydrogen-bond donors (Lipinski definition) is 1. The zero-order valence-electron chi connectivity index (χ0n) is 17.5. The number of nitrogens with one attached hydrogen (secondary N) is 1. The number of likely N-dealkylation sites (tertiary alicyclic amines) is 1. The Hall–Kier alpha value is -3.35. The molecule has 2 heterocycles. The number of carbonyl (C=O) groups is 3. The molecule has 31 heavy (non-hydrogen) atoms. The molecule has 2 fully saturated rings. The molecular weight excluding hydrogens is 396 g/mol. The summed E-state index contributed by atoms with van der Waals surface area (Å²) in [6.07, 6.45) is 3.33. The lowest BCUT2D eigenvalue weighted by Gasteiger charge is -2.23. The molecule has 0 unspecified atom stereocenters. The molecule has 0 spiro atoms. The fourth-order valence-corrected chi connectivity index (χ4v) is 4.94.